The van der Waals surface area contributed by atoms with Gasteiger partial charge in [-0.25, -0.2) is 0 Å². The van der Waals surface area contributed by atoms with Crippen molar-refractivity contribution < 1.29 is 13.2 Å². The van der Waals surface area contributed by atoms with E-state index < -0.39 is 11.7 Å². The normalized spacial score (nSPS) is 18.2. The van der Waals surface area contributed by atoms with Gasteiger partial charge in [0, 0.05) is 31.4 Å². The molecule has 0 aromatic heterocycles. The topological polar surface area (TPSA) is 15.3 Å². The molecule has 1 heterocycles. The van der Waals surface area contributed by atoms with Gasteiger partial charge in [-0.1, -0.05) is 19.9 Å². The van der Waals surface area contributed by atoms with E-state index in [-0.39, 0.29) is 6.04 Å². The lowest BCUT2D eigenvalue weighted by molar-refractivity contribution is -0.137. The first-order valence-corrected chi connectivity index (χ1v) is 7.51. The fourth-order valence-corrected chi connectivity index (χ4v) is 2.80. The SMILES string of the molecule is CC(C)CN1CCC(Nc2cccc(C(F)(F)F)c2)CC1. The Morgan fingerprint density at radius 3 is 2.48 bits per heavy atom. The minimum atomic E-state index is -4.28. The van der Waals surface area contributed by atoms with E-state index in [2.05, 4.69) is 24.1 Å². The van der Waals surface area contributed by atoms with Crippen LogP contribution in [0.5, 0.6) is 0 Å². The van der Waals surface area contributed by atoms with Gasteiger partial charge in [0.2, 0.25) is 0 Å². The van der Waals surface area contributed by atoms with Gasteiger partial charge in [0.15, 0.2) is 0 Å². The van der Waals surface area contributed by atoms with Crippen LogP contribution in [0.1, 0.15) is 32.3 Å². The molecule has 0 saturated carbocycles. The lowest BCUT2D eigenvalue weighted by Crippen LogP contribution is -2.40. The van der Waals surface area contributed by atoms with Crippen LogP contribution in [0.3, 0.4) is 0 Å². The first kappa shape index (κ1) is 16.1. The van der Waals surface area contributed by atoms with Crippen LogP contribution in [-0.4, -0.2) is 30.6 Å². The number of anilines is 1. The highest BCUT2D eigenvalue weighted by atomic mass is 19.4. The van der Waals surface area contributed by atoms with Crippen LogP contribution in [-0.2, 0) is 6.18 Å². The first-order chi connectivity index (χ1) is 9.84. The highest BCUT2D eigenvalue weighted by Crippen LogP contribution is 2.31. The third-order valence-corrected chi connectivity index (χ3v) is 3.77. The van der Waals surface area contributed by atoms with Gasteiger partial charge in [-0.2, -0.15) is 13.2 Å². The number of rotatable bonds is 4. The molecule has 1 aromatic rings. The Labute approximate surface area is 124 Å². The number of hydrogen-bond donors (Lipinski definition) is 1. The van der Waals surface area contributed by atoms with Gasteiger partial charge in [0.25, 0.3) is 0 Å². The summed E-state index contributed by atoms with van der Waals surface area (Å²) in [6.45, 7) is 7.51. The van der Waals surface area contributed by atoms with Crippen LogP contribution < -0.4 is 5.32 Å². The fourth-order valence-electron chi connectivity index (χ4n) is 2.80. The maximum Gasteiger partial charge on any atom is 0.416 e. The van der Waals surface area contributed by atoms with E-state index in [4.69, 9.17) is 0 Å². The van der Waals surface area contributed by atoms with Crippen molar-refractivity contribution in [3.05, 3.63) is 29.8 Å². The Balaban J connectivity index is 1.89. The van der Waals surface area contributed by atoms with Gasteiger partial charge >= 0.3 is 6.18 Å². The number of piperidine rings is 1. The predicted molar refractivity (Wildman–Crippen MR) is 79.4 cm³/mol. The second-order valence-corrected chi connectivity index (χ2v) is 6.19. The van der Waals surface area contributed by atoms with E-state index in [1.165, 1.54) is 12.1 Å². The van der Waals surface area contributed by atoms with Crippen molar-refractivity contribution in [2.24, 2.45) is 5.92 Å². The smallest absolute Gasteiger partial charge is 0.382 e. The number of nitrogens with zero attached hydrogens (tertiary/aromatic N) is 1. The summed E-state index contributed by atoms with van der Waals surface area (Å²) in [6.07, 6.45) is -2.33. The second-order valence-electron chi connectivity index (χ2n) is 6.19. The molecule has 0 unspecified atom stereocenters. The second kappa shape index (κ2) is 6.69. The predicted octanol–water partition coefficient (Wildman–Crippen LogP) is 4.24. The fraction of sp³-hybridized carbons (Fsp3) is 0.625. The Morgan fingerprint density at radius 1 is 1.24 bits per heavy atom. The summed E-state index contributed by atoms with van der Waals surface area (Å²) < 4.78 is 38.1. The van der Waals surface area contributed by atoms with Crippen molar-refractivity contribution in [3.8, 4) is 0 Å². The molecule has 1 N–H and O–H groups in total. The first-order valence-electron chi connectivity index (χ1n) is 7.51. The largest absolute Gasteiger partial charge is 0.416 e. The number of hydrogen-bond acceptors (Lipinski definition) is 2. The Hall–Kier alpha value is -1.23. The number of halogens is 3. The molecule has 2 nitrogen and oxygen atoms in total. The molecule has 0 bridgehead atoms. The van der Waals surface area contributed by atoms with Crippen molar-refractivity contribution >= 4 is 5.69 Å². The molecule has 0 radical (unpaired) electrons. The van der Waals surface area contributed by atoms with Crippen molar-refractivity contribution in [2.45, 2.75) is 38.9 Å². The van der Waals surface area contributed by atoms with Gasteiger partial charge in [-0.05, 0) is 37.0 Å². The average Bonchev–Trinajstić information content (AvgIpc) is 2.40. The van der Waals surface area contributed by atoms with Gasteiger partial charge in [-0.15, -0.1) is 0 Å². The Bertz CT molecular complexity index is 449. The molecular weight excluding hydrogens is 277 g/mol. The Morgan fingerprint density at radius 2 is 1.90 bits per heavy atom. The highest BCUT2D eigenvalue weighted by molar-refractivity contribution is 5.47. The summed E-state index contributed by atoms with van der Waals surface area (Å²) in [6, 6.07) is 5.72. The van der Waals surface area contributed by atoms with E-state index in [0.717, 1.165) is 38.5 Å². The summed E-state index contributed by atoms with van der Waals surface area (Å²) in [4.78, 5) is 2.43. The maximum atomic E-state index is 12.7. The van der Waals surface area contributed by atoms with E-state index in [9.17, 15) is 13.2 Å². The van der Waals surface area contributed by atoms with Gasteiger partial charge < -0.3 is 10.2 Å². The molecule has 1 aliphatic heterocycles. The van der Waals surface area contributed by atoms with Crippen LogP contribution in [0.4, 0.5) is 18.9 Å². The van der Waals surface area contributed by atoms with Gasteiger partial charge in [0.05, 0.1) is 5.56 Å². The molecule has 21 heavy (non-hydrogen) atoms. The average molecular weight is 300 g/mol. The molecule has 0 amide bonds. The zero-order valence-electron chi connectivity index (χ0n) is 12.6. The summed E-state index contributed by atoms with van der Waals surface area (Å²) in [5.74, 6) is 0.651. The molecule has 1 saturated heterocycles. The van der Waals surface area contributed by atoms with E-state index in [1.807, 2.05) is 0 Å². The maximum absolute atomic E-state index is 12.7. The molecule has 1 aromatic carbocycles. The van der Waals surface area contributed by atoms with E-state index >= 15 is 0 Å². The summed E-state index contributed by atoms with van der Waals surface area (Å²) in [7, 11) is 0. The number of benzene rings is 1. The van der Waals surface area contributed by atoms with Crippen LogP contribution in [0.15, 0.2) is 24.3 Å². The molecule has 2 rings (SSSR count). The zero-order chi connectivity index (χ0) is 15.5. The molecular formula is C16H23F3N2. The van der Waals surface area contributed by atoms with Crippen LogP contribution in [0.25, 0.3) is 0 Å². The van der Waals surface area contributed by atoms with Crippen LogP contribution >= 0.6 is 0 Å². The van der Waals surface area contributed by atoms with E-state index in [1.54, 1.807) is 6.07 Å². The van der Waals surface area contributed by atoms with Crippen molar-refractivity contribution in [1.82, 2.24) is 4.90 Å². The minimum absolute atomic E-state index is 0.261. The number of nitrogens with one attached hydrogen (secondary N) is 1. The van der Waals surface area contributed by atoms with Crippen LogP contribution in [0, 0.1) is 5.92 Å². The molecule has 1 aliphatic rings. The molecule has 118 valence electrons. The van der Waals surface area contributed by atoms with Crippen molar-refractivity contribution in [1.29, 1.82) is 0 Å². The monoisotopic (exact) mass is 300 g/mol. The third-order valence-electron chi connectivity index (χ3n) is 3.77. The number of alkyl halides is 3. The summed E-state index contributed by atoms with van der Waals surface area (Å²) in [5, 5.41) is 3.24. The van der Waals surface area contributed by atoms with E-state index in [0.29, 0.717) is 11.6 Å². The van der Waals surface area contributed by atoms with Gasteiger partial charge in [-0.3, -0.25) is 0 Å². The molecule has 0 spiro atoms. The van der Waals surface area contributed by atoms with Crippen molar-refractivity contribution in [3.63, 3.8) is 0 Å². The lowest BCUT2D eigenvalue weighted by Gasteiger charge is -2.33. The van der Waals surface area contributed by atoms with Crippen molar-refractivity contribution in [2.75, 3.05) is 25.0 Å². The molecule has 0 aliphatic carbocycles. The minimum Gasteiger partial charge on any atom is -0.382 e. The summed E-state index contributed by atoms with van der Waals surface area (Å²) in [5.41, 5.74) is -0.0307. The molecule has 1 fully saturated rings. The molecule has 0 atom stereocenters. The quantitative estimate of drug-likeness (QED) is 0.895. The summed E-state index contributed by atoms with van der Waals surface area (Å²) >= 11 is 0. The Kier molecular flexibility index (Phi) is 5.14. The number of likely N-dealkylation sites (tertiary alicyclic amines) is 1. The third kappa shape index (κ3) is 4.92. The standard InChI is InChI=1S/C16H23F3N2/c1-12(2)11-21-8-6-14(7-9-21)20-15-5-3-4-13(10-15)16(17,18)19/h3-5,10,12,14,20H,6-9,11H2,1-2H3. The van der Waals surface area contributed by atoms with Gasteiger partial charge in [0.1, 0.15) is 0 Å². The lowest BCUT2D eigenvalue weighted by atomic mass is 10.0. The molecule has 5 heteroatoms. The highest BCUT2D eigenvalue weighted by Gasteiger charge is 2.30. The van der Waals surface area contributed by atoms with Crippen LogP contribution in [0.2, 0.25) is 0 Å². The zero-order valence-corrected chi connectivity index (χ0v) is 12.6.